The van der Waals surface area contributed by atoms with Gasteiger partial charge in [-0.05, 0) is 43.4 Å². The van der Waals surface area contributed by atoms with E-state index in [0.717, 1.165) is 11.1 Å². The van der Waals surface area contributed by atoms with Crippen LogP contribution in [0.3, 0.4) is 0 Å². The van der Waals surface area contributed by atoms with E-state index in [1.165, 1.54) is 0 Å². The standard InChI is InChI=1S/C21H28N2O3S/c1-15-12-16(2)21(17(3)13-15)27(25,26)23-11-10-20(24)22-14-18(4)19-8-6-5-7-9-19/h5-9,12-13,18,23H,10-11,14H2,1-4H3,(H,22,24). The number of rotatable bonds is 8. The molecule has 2 rings (SSSR count). The number of benzene rings is 2. The van der Waals surface area contributed by atoms with Crippen LogP contribution in [0.1, 0.15) is 41.5 Å². The van der Waals surface area contributed by atoms with Gasteiger partial charge in [0.15, 0.2) is 0 Å². The third-order valence-electron chi connectivity index (χ3n) is 4.49. The van der Waals surface area contributed by atoms with Gasteiger partial charge in [0.05, 0.1) is 4.90 Å². The first kappa shape index (κ1) is 21.1. The molecule has 0 fully saturated rings. The first-order valence-electron chi connectivity index (χ1n) is 9.10. The maximum atomic E-state index is 12.6. The highest BCUT2D eigenvalue weighted by Gasteiger charge is 2.19. The van der Waals surface area contributed by atoms with Crippen LogP contribution in [0.15, 0.2) is 47.4 Å². The summed E-state index contributed by atoms with van der Waals surface area (Å²) in [6, 6.07) is 13.6. The Morgan fingerprint density at radius 1 is 1.04 bits per heavy atom. The Morgan fingerprint density at radius 3 is 2.22 bits per heavy atom. The fraction of sp³-hybridized carbons (Fsp3) is 0.381. The van der Waals surface area contributed by atoms with E-state index < -0.39 is 10.0 Å². The topological polar surface area (TPSA) is 75.3 Å². The minimum atomic E-state index is -3.64. The summed E-state index contributed by atoms with van der Waals surface area (Å²) in [6.45, 7) is 8.14. The van der Waals surface area contributed by atoms with Crippen LogP contribution < -0.4 is 10.0 Å². The SMILES string of the molecule is Cc1cc(C)c(S(=O)(=O)NCCC(=O)NCC(C)c2ccccc2)c(C)c1. The van der Waals surface area contributed by atoms with Crippen LogP contribution in [0.5, 0.6) is 0 Å². The van der Waals surface area contributed by atoms with Crippen LogP contribution >= 0.6 is 0 Å². The van der Waals surface area contributed by atoms with Gasteiger partial charge < -0.3 is 5.32 Å². The molecule has 0 aliphatic rings. The van der Waals surface area contributed by atoms with Gasteiger partial charge in [-0.25, -0.2) is 13.1 Å². The number of nitrogens with one attached hydrogen (secondary N) is 2. The van der Waals surface area contributed by atoms with Crippen molar-refractivity contribution < 1.29 is 13.2 Å². The average Bonchev–Trinajstić information content (AvgIpc) is 2.59. The molecule has 0 aliphatic carbocycles. The van der Waals surface area contributed by atoms with E-state index in [0.29, 0.717) is 22.6 Å². The number of carbonyl (C=O) groups excluding carboxylic acids is 1. The minimum Gasteiger partial charge on any atom is -0.355 e. The minimum absolute atomic E-state index is 0.0701. The molecule has 0 bridgehead atoms. The Kier molecular flexibility index (Phi) is 7.16. The molecule has 2 aromatic carbocycles. The smallest absolute Gasteiger partial charge is 0.241 e. The van der Waals surface area contributed by atoms with Gasteiger partial charge in [-0.15, -0.1) is 0 Å². The molecule has 1 unspecified atom stereocenters. The molecule has 0 aromatic heterocycles. The third-order valence-corrected chi connectivity index (χ3v) is 6.26. The third kappa shape index (κ3) is 5.91. The second-order valence-electron chi connectivity index (χ2n) is 6.99. The summed E-state index contributed by atoms with van der Waals surface area (Å²) in [5.41, 5.74) is 3.60. The van der Waals surface area contributed by atoms with Gasteiger partial charge in [0.1, 0.15) is 0 Å². The van der Waals surface area contributed by atoms with Crippen molar-refractivity contribution in [1.82, 2.24) is 10.0 Å². The van der Waals surface area contributed by atoms with Crippen LogP contribution in [-0.4, -0.2) is 27.4 Å². The van der Waals surface area contributed by atoms with Crippen molar-refractivity contribution in [2.75, 3.05) is 13.1 Å². The summed E-state index contributed by atoms with van der Waals surface area (Å²) in [5.74, 6) is 0.0301. The van der Waals surface area contributed by atoms with Crippen molar-refractivity contribution in [1.29, 1.82) is 0 Å². The van der Waals surface area contributed by atoms with E-state index in [4.69, 9.17) is 0 Å². The molecule has 5 nitrogen and oxygen atoms in total. The lowest BCUT2D eigenvalue weighted by atomic mass is 10.0. The first-order valence-corrected chi connectivity index (χ1v) is 10.6. The quantitative estimate of drug-likeness (QED) is 0.729. The van der Waals surface area contributed by atoms with E-state index in [2.05, 4.69) is 10.0 Å². The molecule has 6 heteroatoms. The zero-order chi connectivity index (χ0) is 20.0. The van der Waals surface area contributed by atoms with Gasteiger partial charge in [-0.2, -0.15) is 0 Å². The number of hydrogen-bond donors (Lipinski definition) is 2. The maximum absolute atomic E-state index is 12.6. The van der Waals surface area contributed by atoms with E-state index in [1.807, 2.05) is 56.3 Å². The molecule has 1 amide bonds. The second-order valence-corrected chi connectivity index (χ2v) is 8.70. The van der Waals surface area contributed by atoms with Crippen molar-refractivity contribution in [3.8, 4) is 0 Å². The molecule has 146 valence electrons. The molecule has 0 saturated carbocycles. The van der Waals surface area contributed by atoms with Crippen LogP contribution in [0.25, 0.3) is 0 Å². The number of hydrogen-bond acceptors (Lipinski definition) is 3. The summed E-state index contributed by atoms with van der Waals surface area (Å²) in [7, 11) is -3.64. The molecule has 2 aromatic rings. The highest BCUT2D eigenvalue weighted by atomic mass is 32.2. The van der Waals surface area contributed by atoms with Gasteiger partial charge in [-0.3, -0.25) is 4.79 Å². The Morgan fingerprint density at radius 2 is 1.63 bits per heavy atom. The van der Waals surface area contributed by atoms with E-state index in [-0.39, 0.29) is 24.8 Å². The lowest BCUT2D eigenvalue weighted by Gasteiger charge is -2.14. The maximum Gasteiger partial charge on any atom is 0.241 e. The summed E-state index contributed by atoms with van der Waals surface area (Å²) in [6.07, 6.45) is 0.102. The monoisotopic (exact) mass is 388 g/mol. The highest BCUT2D eigenvalue weighted by Crippen LogP contribution is 2.21. The molecule has 1 atom stereocenters. The van der Waals surface area contributed by atoms with Gasteiger partial charge in [0, 0.05) is 19.5 Å². The molecule has 27 heavy (non-hydrogen) atoms. The molecule has 0 spiro atoms. The number of aryl methyl sites for hydroxylation is 3. The summed E-state index contributed by atoms with van der Waals surface area (Å²) >= 11 is 0. The van der Waals surface area contributed by atoms with Crippen LogP contribution in [0, 0.1) is 20.8 Å². The first-order chi connectivity index (χ1) is 12.7. The largest absolute Gasteiger partial charge is 0.355 e. The van der Waals surface area contributed by atoms with E-state index >= 15 is 0 Å². The number of sulfonamides is 1. The Labute approximate surface area is 162 Å². The van der Waals surface area contributed by atoms with Crippen LogP contribution in [0.4, 0.5) is 0 Å². The highest BCUT2D eigenvalue weighted by molar-refractivity contribution is 7.89. The van der Waals surface area contributed by atoms with E-state index in [9.17, 15) is 13.2 Å². The normalized spacial score (nSPS) is 12.6. The van der Waals surface area contributed by atoms with Crippen LogP contribution in [-0.2, 0) is 14.8 Å². The summed E-state index contributed by atoms with van der Waals surface area (Å²) in [5, 5.41) is 2.86. The van der Waals surface area contributed by atoms with Crippen molar-refractivity contribution in [2.45, 2.75) is 44.9 Å². The lowest BCUT2D eigenvalue weighted by molar-refractivity contribution is -0.120. The predicted molar refractivity (Wildman–Crippen MR) is 108 cm³/mol. The summed E-state index contributed by atoms with van der Waals surface area (Å²) < 4.78 is 27.7. The Hall–Kier alpha value is -2.18. The van der Waals surface area contributed by atoms with Gasteiger partial charge in [0.2, 0.25) is 15.9 Å². The second kappa shape index (κ2) is 9.15. The van der Waals surface area contributed by atoms with Gasteiger partial charge in [0.25, 0.3) is 0 Å². The Balaban J connectivity index is 1.86. The predicted octanol–water partition coefficient (Wildman–Crippen LogP) is 3.20. The zero-order valence-electron chi connectivity index (χ0n) is 16.4. The van der Waals surface area contributed by atoms with Gasteiger partial charge in [-0.1, -0.05) is 55.0 Å². The Bertz CT molecular complexity index is 870. The molecular weight excluding hydrogens is 360 g/mol. The van der Waals surface area contributed by atoms with Crippen molar-refractivity contribution in [2.24, 2.45) is 0 Å². The van der Waals surface area contributed by atoms with Crippen LogP contribution in [0.2, 0.25) is 0 Å². The molecular formula is C21H28N2O3S. The molecule has 0 heterocycles. The fourth-order valence-corrected chi connectivity index (χ4v) is 4.70. The van der Waals surface area contributed by atoms with Crippen molar-refractivity contribution in [3.63, 3.8) is 0 Å². The number of amides is 1. The van der Waals surface area contributed by atoms with Crippen molar-refractivity contribution >= 4 is 15.9 Å². The molecule has 0 radical (unpaired) electrons. The van der Waals surface area contributed by atoms with E-state index in [1.54, 1.807) is 13.8 Å². The lowest BCUT2D eigenvalue weighted by Crippen LogP contribution is -2.33. The van der Waals surface area contributed by atoms with Crippen molar-refractivity contribution in [3.05, 3.63) is 64.7 Å². The fourth-order valence-electron chi connectivity index (χ4n) is 3.22. The molecule has 0 aliphatic heterocycles. The molecule has 0 saturated heterocycles. The number of carbonyl (C=O) groups is 1. The molecule has 2 N–H and O–H groups in total. The zero-order valence-corrected chi connectivity index (χ0v) is 17.2. The van der Waals surface area contributed by atoms with Gasteiger partial charge >= 0.3 is 0 Å². The average molecular weight is 389 g/mol. The summed E-state index contributed by atoms with van der Waals surface area (Å²) in [4.78, 5) is 12.3.